The van der Waals surface area contributed by atoms with E-state index >= 15 is 13.2 Å². The molecule has 6 aromatic rings. The van der Waals surface area contributed by atoms with Gasteiger partial charge in [-0.05, 0) is 62.3 Å². The highest BCUT2D eigenvalue weighted by atomic mass is 32.2. The molecule has 6 aliphatic heterocycles. The van der Waals surface area contributed by atoms with E-state index < -0.39 is 129 Å². The fraction of sp³-hybridized carbons (Fsp3) is 0.667. The predicted molar refractivity (Wildman–Crippen MR) is 356 cm³/mol. The Morgan fingerprint density at radius 2 is 0.765 bits per heavy atom. The quantitative estimate of drug-likeness (QED) is 0.0368. The first-order valence-corrected chi connectivity index (χ1v) is 38.2. The summed E-state index contributed by atoms with van der Waals surface area (Å²) >= 11 is 2.72. The highest BCUT2D eigenvalue weighted by Gasteiger charge is 2.65. The number of rotatable bonds is 21. The summed E-state index contributed by atoms with van der Waals surface area (Å²) in [5.74, 6) is -0.144. The number of aliphatic hydroxyl groups excluding tert-OH is 3. The summed E-state index contributed by atoms with van der Waals surface area (Å²) in [7, 11) is -12.4. The lowest BCUT2D eigenvalue weighted by Gasteiger charge is -2.33. The normalized spacial score (nSPS) is 31.6. The molecule has 6 saturated heterocycles. The first kappa shape index (κ1) is 79.0. The van der Waals surface area contributed by atoms with Crippen molar-refractivity contribution >= 4 is 125 Å². The van der Waals surface area contributed by atoms with E-state index in [9.17, 15) is 57.8 Å². The minimum Gasteiger partial charge on any atom is -0.395 e. The van der Waals surface area contributed by atoms with E-state index in [2.05, 4.69) is 44.9 Å². The van der Waals surface area contributed by atoms with E-state index in [-0.39, 0.29) is 143 Å². The monoisotopic (exact) mass is 1560 g/mol. The number of halogens is 3. The highest BCUT2D eigenvalue weighted by molar-refractivity contribution is 8.14. The molecule has 564 valence electrons. The van der Waals surface area contributed by atoms with Gasteiger partial charge >= 0.3 is 23.5 Å². The van der Waals surface area contributed by atoms with Gasteiger partial charge in [-0.2, -0.15) is 15.0 Å². The third-order valence-corrected chi connectivity index (χ3v) is 24.5. The Morgan fingerprint density at radius 3 is 1.00 bits per heavy atom. The molecule has 6 fully saturated rings. The number of fused-ring (bicyclic) bond motifs is 6. The molecule has 0 amide bonds. The Kier molecular flexibility index (Phi) is 23.2. The number of carbonyl (C=O) groups is 3. The van der Waals surface area contributed by atoms with Gasteiger partial charge in [0.05, 0.1) is 94.7 Å². The van der Waals surface area contributed by atoms with Crippen LogP contribution in [0.2, 0.25) is 0 Å². The fourth-order valence-corrected chi connectivity index (χ4v) is 17.9. The number of nitrogens with one attached hydrogen (secondary N) is 3. The summed E-state index contributed by atoms with van der Waals surface area (Å²) in [5, 5.41) is 27.0. The molecule has 39 nitrogen and oxygen atoms in total. The molecule has 0 aromatic carbocycles. The number of nitrogens with two attached hydrogens (primary N) is 3. The van der Waals surface area contributed by atoms with Crippen LogP contribution in [0.15, 0.2) is 33.4 Å². The Balaban J connectivity index is 0.000000165. The van der Waals surface area contributed by atoms with Gasteiger partial charge in [-0.3, -0.25) is 98.1 Å². The zero-order valence-corrected chi connectivity index (χ0v) is 60.9. The lowest BCUT2D eigenvalue weighted by atomic mass is 9.97. The number of ether oxygens (including phenoxy) is 3. The number of thioether (sulfide) groups is 3. The van der Waals surface area contributed by atoms with Crippen LogP contribution in [0.25, 0.3) is 33.5 Å². The van der Waals surface area contributed by atoms with Gasteiger partial charge in [0.25, 0.3) is 16.7 Å². The number of phosphoric acid groups is 3. The Morgan fingerprint density at radius 1 is 0.520 bits per heavy atom. The largest absolute Gasteiger partial charge is 0.475 e. The highest BCUT2D eigenvalue weighted by Crippen LogP contribution is 2.63. The third kappa shape index (κ3) is 16.2. The average Bonchev–Trinajstić information content (AvgIpc) is 1.59. The standard InChI is InChI=1S/3C18H25FN5O8PS/c3*1-17(2,7-25)15(27)34-5-4-29-33(28)30-6-9-11(32-33)18(3,19)14(31-9)24-8-21-10-12(24)22-16(20)23-13(10)26/h3*8-9,11,14,25H,4-7H2,1-3H3,(H3,20,22,23,26)/t9-,11-,14-,18-,33?;9-,11-,14-,18-,33+;9-,11-,14-,18-,33-/m111/s1. The predicted octanol–water partition coefficient (Wildman–Crippen LogP) is 3.44. The molecule has 0 bridgehead atoms. The number of hydrogen-bond acceptors (Lipinski definition) is 36. The van der Waals surface area contributed by atoms with Gasteiger partial charge in [-0.25, -0.2) is 41.8 Å². The van der Waals surface area contributed by atoms with Crippen molar-refractivity contribution in [3.05, 3.63) is 50.0 Å². The second kappa shape index (κ2) is 30.0. The molecular weight excluding hydrogens is 1490 g/mol. The van der Waals surface area contributed by atoms with E-state index in [0.29, 0.717) is 0 Å². The third-order valence-electron chi connectivity index (χ3n) is 16.6. The minimum absolute atomic E-state index is 0.0154. The molecule has 0 saturated carbocycles. The Labute approximate surface area is 587 Å². The van der Waals surface area contributed by atoms with E-state index in [0.717, 1.165) is 35.3 Å². The summed E-state index contributed by atoms with van der Waals surface area (Å²) in [5.41, 5.74) is 5.45. The summed E-state index contributed by atoms with van der Waals surface area (Å²) in [4.78, 5) is 103. The number of aromatic nitrogens is 12. The molecule has 48 heteroatoms. The van der Waals surface area contributed by atoms with Gasteiger partial charge in [-0.1, -0.05) is 35.3 Å². The van der Waals surface area contributed by atoms with Crippen LogP contribution >= 0.6 is 58.8 Å². The van der Waals surface area contributed by atoms with Crippen molar-refractivity contribution in [2.75, 3.05) is 93.9 Å². The number of anilines is 3. The molecule has 102 heavy (non-hydrogen) atoms. The second-order valence-electron chi connectivity index (χ2n) is 26.2. The summed E-state index contributed by atoms with van der Waals surface area (Å²) in [6, 6.07) is 0. The number of aliphatic hydroxyl groups is 3. The van der Waals surface area contributed by atoms with Crippen LogP contribution in [0.4, 0.5) is 31.0 Å². The van der Waals surface area contributed by atoms with Gasteiger partial charge in [0.1, 0.15) is 36.6 Å². The summed E-state index contributed by atoms with van der Waals surface area (Å²) in [6.45, 7) is 10.9. The van der Waals surface area contributed by atoms with Crippen LogP contribution in [0.3, 0.4) is 0 Å². The molecule has 6 aromatic heterocycles. The maximum absolute atomic E-state index is 16.0. The molecule has 0 aliphatic carbocycles. The number of H-pyrrole nitrogens is 3. The molecule has 12 rings (SSSR count). The summed E-state index contributed by atoms with van der Waals surface area (Å²) < 4.78 is 155. The lowest BCUT2D eigenvalue weighted by Crippen LogP contribution is -2.44. The number of hydrogen-bond donors (Lipinski definition) is 9. The van der Waals surface area contributed by atoms with E-state index in [1.165, 1.54) is 53.5 Å². The van der Waals surface area contributed by atoms with Crippen LogP contribution < -0.4 is 33.9 Å². The van der Waals surface area contributed by atoms with Gasteiger partial charge in [0, 0.05) is 17.3 Å². The number of imidazole rings is 3. The maximum Gasteiger partial charge on any atom is 0.475 e. The van der Waals surface area contributed by atoms with Gasteiger partial charge < -0.3 is 46.7 Å². The molecule has 0 radical (unpaired) electrons. The molecular formula is C54H75F3N15O24P3S3. The average molecular weight is 1560 g/mol. The Bertz CT molecular complexity index is 4050. The van der Waals surface area contributed by atoms with Crippen LogP contribution in [0, 0.1) is 16.2 Å². The van der Waals surface area contributed by atoms with Gasteiger partial charge in [0.15, 0.2) is 84.5 Å². The topological polar surface area (TPSA) is 543 Å². The van der Waals surface area contributed by atoms with Crippen molar-refractivity contribution in [2.24, 2.45) is 16.2 Å². The van der Waals surface area contributed by atoms with Crippen molar-refractivity contribution < 1.29 is 111 Å². The van der Waals surface area contributed by atoms with Crippen LogP contribution in [0.1, 0.15) is 81.0 Å². The molecule has 15 atom stereocenters. The molecule has 1 unspecified atom stereocenters. The molecule has 12 N–H and O–H groups in total. The smallest absolute Gasteiger partial charge is 0.395 e. The fourth-order valence-electron chi connectivity index (χ4n) is 10.7. The van der Waals surface area contributed by atoms with E-state index in [4.69, 9.17) is 72.1 Å². The SMILES string of the molecule is CC(C)(CO)C(=O)SCCOP1(=O)OC[C@H]2O[C@@H](n3cnc4c(=O)[nH]c(N)nc43)[C@](C)(F)[C@@H]2O1.CC(C)(CO)C(=O)SCCO[P@@]1(=O)OC[C@H]2O[C@@H](n3cnc4c(=O)[nH]c(N)nc43)[C@](C)(F)[C@@H]2O1.CC(C)(CO)C(=O)SCCO[P@]1(=O)OC[C@H]2O[C@@H](n3cnc4c(=O)[nH]c(N)nc43)[C@](C)(F)[C@@H]2O1. The first-order chi connectivity index (χ1) is 47.6. The minimum atomic E-state index is -4.15. The number of phosphoric ester groups is 3. The molecule has 0 spiro atoms. The summed E-state index contributed by atoms with van der Waals surface area (Å²) in [6.07, 6.45) is -7.14. The maximum atomic E-state index is 16.0. The second-order valence-corrected chi connectivity index (χ2v) is 34.3. The first-order valence-electron chi connectivity index (χ1n) is 30.9. The number of nitrogen functional groups attached to an aromatic ring is 3. The van der Waals surface area contributed by atoms with E-state index in [1.807, 2.05) is 0 Å². The number of alkyl halides is 3. The van der Waals surface area contributed by atoms with Crippen molar-refractivity contribution in [1.82, 2.24) is 58.6 Å². The zero-order chi connectivity index (χ0) is 74.7. The molecule has 6 aliphatic rings. The van der Waals surface area contributed by atoms with Crippen LogP contribution in [0.5, 0.6) is 0 Å². The number of nitrogens with zero attached hydrogens (tertiary/aromatic N) is 9. The van der Waals surface area contributed by atoms with Crippen molar-refractivity contribution in [1.29, 1.82) is 0 Å². The lowest BCUT2D eigenvalue weighted by molar-refractivity contribution is -0.120. The van der Waals surface area contributed by atoms with E-state index in [1.54, 1.807) is 41.5 Å². The number of aromatic amines is 3. The van der Waals surface area contributed by atoms with Crippen molar-refractivity contribution in [3.63, 3.8) is 0 Å². The molecule has 12 heterocycles. The van der Waals surface area contributed by atoms with Gasteiger partial charge in [0.2, 0.25) is 17.8 Å². The van der Waals surface area contributed by atoms with Crippen LogP contribution in [-0.2, 0) is 83.0 Å². The van der Waals surface area contributed by atoms with Crippen molar-refractivity contribution in [3.8, 4) is 0 Å². The zero-order valence-electron chi connectivity index (χ0n) is 55.8. The number of carbonyl (C=O) groups excluding carboxylic acids is 3. The van der Waals surface area contributed by atoms with Crippen LogP contribution in [-0.4, -0.2) is 220 Å². The van der Waals surface area contributed by atoms with Gasteiger partial charge in [-0.15, -0.1) is 0 Å². The Hall–Kier alpha value is -5.61. The van der Waals surface area contributed by atoms with Crippen molar-refractivity contribution in [2.45, 2.75) is 135 Å².